The van der Waals surface area contributed by atoms with E-state index < -0.39 is 0 Å². The molecule has 19 heavy (non-hydrogen) atoms. The highest BCUT2D eigenvalue weighted by Crippen LogP contribution is 2.22. The lowest BCUT2D eigenvalue weighted by Gasteiger charge is -2.06. The van der Waals surface area contributed by atoms with E-state index in [1.54, 1.807) is 25.1 Å². The number of ketones is 1. The highest BCUT2D eigenvalue weighted by atomic mass is 35.5. The van der Waals surface area contributed by atoms with Gasteiger partial charge in [0.15, 0.2) is 5.78 Å². The lowest BCUT2D eigenvalue weighted by molar-refractivity contribution is 0.0993. The number of rotatable bonds is 3. The molecule has 0 amide bonds. The maximum Gasteiger partial charge on any atom is 0.167 e. The van der Waals surface area contributed by atoms with Crippen LogP contribution in [0, 0.1) is 12.7 Å². The van der Waals surface area contributed by atoms with Crippen molar-refractivity contribution in [2.24, 2.45) is 0 Å². The van der Waals surface area contributed by atoms with E-state index in [-0.39, 0.29) is 18.0 Å². The molecule has 0 aliphatic carbocycles. The van der Waals surface area contributed by atoms with Gasteiger partial charge in [0.1, 0.15) is 5.82 Å². The van der Waals surface area contributed by atoms with Crippen LogP contribution in [0.4, 0.5) is 4.39 Å². The van der Waals surface area contributed by atoms with Gasteiger partial charge in [-0.3, -0.25) is 4.79 Å². The van der Waals surface area contributed by atoms with Crippen LogP contribution in [-0.2, 0) is 6.42 Å². The molecule has 0 saturated carbocycles. The van der Waals surface area contributed by atoms with Crippen LogP contribution in [0.1, 0.15) is 21.5 Å². The van der Waals surface area contributed by atoms with Gasteiger partial charge < -0.3 is 0 Å². The van der Waals surface area contributed by atoms with Crippen molar-refractivity contribution in [2.45, 2.75) is 13.3 Å². The molecule has 0 spiro atoms. The first kappa shape index (κ1) is 14.0. The highest BCUT2D eigenvalue weighted by Gasteiger charge is 2.11. The average Bonchev–Trinajstić information content (AvgIpc) is 2.37. The van der Waals surface area contributed by atoms with Gasteiger partial charge in [0, 0.05) is 22.0 Å². The van der Waals surface area contributed by atoms with Crippen LogP contribution < -0.4 is 0 Å². The zero-order valence-electron chi connectivity index (χ0n) is 10.2. The molecule has 1 nitrogen and oxygen atoms in total. The minimum Gasteiger partial charge on any atom is -0.294 e. The summed E-state index contributed by atoms with van der Waals surface area (Å²) in [4.78, 5) is 12.1. The summed E-state index contributed by atoms with van der Waals surface area (Å²) < 4.78 is 13.2. The van der Waals surface area contributed by atoms with Crippen LogP contribution in [0.5, 0.6) is 0 Å². The molecule has 2 rings (SSSR count). The smallest absolute Gasteiger partial charge is 0.167 e. The first-order chi connectivity index (χ1) is 8.97. The van der Waals surface area contributed by atoms with Gasteiger partial charge in [-0.15, -0.1) is 0 Å². The van der Waals surface area contributed by atoms with Crippen LogP contribution >= 0.6 is 23.2 Å². The van der Waals surface area contributed by atoms with Crippen LogP contribution in [-0.4, -0.2) is 5.78 Å². The Hall–Kier alpha value is -1.38. The summed E-state index contributed by atoms with van der Waals surface area (Å²) in [5.74, 6) is -0.440. The van der Waals surface area contributed by atoms with Crippen LogP contribution in [0.15, 0.2) is 36.4 Å². The van der Waals surface area contributed by atoms with Crippen LogP contribution in [0.3, 0.4) is 0 Å². The van der Waals surface area contributed by atoms with Crippen molar-refractivity contribution >= 4 is 29.0 Å². The van der Waals surface area contributed by atoms with Crippen molar-refractivity contribution in [3.05, 3.63) is 69.0 Å². The van der Waals surface area contributed by atoms with E-state index in [9.17, 15) is 9.18 Å². The molecule has 0 saturated heterocycles. The number of aryl methyl sites for hydroxylation is 1. The molecule has 0 aliphatic rings. The Morgan fingerprint density at radius 3 is 2.58 bits per heavy atom. The minimum absolute atomic E-state index is 0.118. The first-order valence-electron chi connectivity index (χ1n) is 5.70. The molecule has 0 aliphatic heterocycles. The Kier molecular flexibility index (Phi) is 4.23. The highest BCUT2D eigenvalue weighted by molar-refractivity contribution is 6.33. The molecule has 0 radical (unpaired) electrons. The van der Waals surface area contributed by atoms with Gasteiger partial charge in [-0.1, -0.05) is 23.2 Å². The normalized spacial score (nSPS) is 10.5. The molecule has 0 atom stereocenters. The van der Waals surface area contributed by atoms with Crippen molar-refractivity contribution < 1.29 is 9.18 Å². The first-order valence-corrected chi connectivity index (χ1v) is 6.46. The minimum atomic E-state index is -0.322. The van der Waals surface area contributed by atoms with E-state index in [0.29, 0.717) is 26.7 Å². The lowest BCUT2D eigenvalue weighted by atomic mass is 10.0. The third-order valence-corrected chi connectivity index (χ3v) is 3.44. The SMILES string of the molecule is Cc1cc(C(=O)Cc2cc(Cl)ccc2Cl)ccc1F. The Labute approximate surface area is 121 Å². The number of Topliss-reactive ketones (excluding diaryl/α,β-unsaturated/α-hetero) is 1. The molecule has 98 valence electrons. The Balaban J connectivity index is 2.25. The number of hydrogen-bond donors (Lipinski definition) is 0. The van der Waals surface area contributed by atoms with Crippen molar-refractivity contribution in [3.8, 4) is 0 Å². The lowest BCUT2D eigenvalue weighted by Crippen LogP contribution is -2.05. The molecule has 0 heterocycles. The average molecular weight is 297 g/mol. The molecule has 0 N–H and O–H groups in total. The Morgan fingerprint density at radius 1 is 1.16 bits per heavy atom. The fourth-order valence-corrected chi connectivity index (χ4v) is 2.15. The summed E-state index contributed by atoms with van der Waals surface area (Å²) in [7, 11) is 0. The van der Waals surface area contributed by atoms with E-state index in [2.05, 4.69) is 0 Å². The van der Waals surface area contributed by atoms with Crippen molar-refractivity contribution in [2.75, 3.05) is 0 Å². The number of halogens is 3. The van der Waals surface area contributed by atoms with E-state index >= 15 is 0 Å². The number of benzene rings is 2. The maximum atomic E-state index is 13.2. The second-order valence-electron chi connectivity index (χ2n) is 4.30. The summed E-state index contributed by atoms with van der Waals surface area (Å²) in [6, 6.07) is 9.29. The number of carbonyl (C=O) groups is 1. The summed E-state index contributed by atoms with van der Waals surface area (Å²) in [5, 5.41) is 1.03. The molecular weight excluding hydrogens is 286 g/mol. The summed E-state index contributed by atoms with van der Waals surface area (Å²) in [6.07, 6.45) is 0.143. The Bertz CT molecular complexity index is 638. The van der Waals surface area contributed by atoms with Gasteiger partial charge in [0.2, 0.25) is 0 Å². The van der Waals surface area contributed by atoms with E-state index in [0.717, 1.165) is 0 Å². The van der Waals surface area contributed by atoms with Gasteiger partial charge in [-0.05, 0) is 54.4 Å². The summed E-state index contributed by atoms with van der Waals surface area (Å²) in [5.41, 5.74) is 1.58. The van der Waals surface area contributed by atoms with Gasteiger partial charge in [0.05, 0.1) is 0 Å². The van der Waals surface area contributed by atoms with Crippen molar-refractivity contribution in [1.29, 1.82) is 0 Å². The second-order valence-corrected chi connectivity index (χ2v) is 5.14. The van der Waals surface area contributed by atoms with Gasteiger partial charge >= 0.3 is 0 Å². The molecule has 2 aromatic carbocycles. The maximum absolute atomic E-state index is 13.2. The van der Waals surface area contributed by atoms with Crippen molar-refractivity contribution in [1.82, 2.24) is 0 Å². The van der Waals surface area contributed by atoms with Gasteiger partial charge in [-0.2, -0.15) is 0 Å². The third kappa shape index (κ3) is 3.34. The largest absolute Gasteiger partial charge is 0.294 e. The van der Waals surface area contributed by atoms with Crippen LogP contribution in [0.2, 0.25) is 10.0 Å². The fraction of sp³-hybridized carbons (Fsp3) is 0.133. The van der Waals surface area contributed by atoms with E-state index in [4.69, 9.17) is 23.2 Å². The monoisotopic (exact) mass is 296 g/mol. The van der Waals surface area contributed by atoms with Gasteiger partial charge in [-0.25, -0.2) is 4.39 Å². The molecule has 4 heteroatoms. The molecule has 0 fully saturated rings. The van der Waals surface area contributed by atoms with Crippen LogP contribution in [0.25, 0.3) is 0 Å². The quantitative estimate of drug-likeness (QED) is 0.739. The second kappa shape index (κ2) is 5.72. The number of hydrogen-bond acceptors (Lipinski definition) is 1. The molecule has 0 unspecified atom stereocenters. The van der Waals surface area contributed by atoms with E-state index in [1.807, 2.05) is 0 Å². The molecule has 0 aromatic heterocycles. The van der Waals surface area contributed by atoms with E-state index in [1.165, 1.54) is 18.2 Å². The predicted molar refractivity (Wildman–Crippen MR) is 75.6 cm³/mol. The molecule has 0 bridgehead atoms. The topological polar surface area (TPSA) is 17.1 Å². The standard InChI is InChI=1S/C15H11Cl2FO/c1-9-6-10(2-5-14(9)18)15(19)8-11-7-12(16)3-4-13(11)17/h2-7H,8H2,1H3. The van der Waals surface area contributed by atoms with Gasteiger partial charge in [0.25, 0.3) is 0 Å². The van der Waals surface area contributed by atoms with Crippen molar-refractivity contribution in [3.63, 3.8) is 0 Å². The number of carbonyl (C=O) groups excluding carboxylic acids is 1. The Morgan fingerprint density at radius 2 is 1.89 bits per heavy atom. The third-order valence-electron chi connectivity index (χ3n) is 2.84. The summed E-state index contributed by atoms with van der Waals surface area (Å²) >= 11 is 11.9. The predicted octanol–water partition coefficient (Wildman–Crippen LogP) is 4.87. The molecule has 2 aromatic rings. The zero-order chi connectivity index (χ0) is 14.0. The zero-order valence-corrected chi connectivity index (χ0v) is 11.7. The molecular formula is C15H11Cl2FO. The fourth-order valence-electron chi connectivity index (χ4n) is 1.77. The summed E-state index contributed by atoms with van der Waals surface area (Å²) in [6.45, 7) is 1.62.